The molecule has 0 aliphatic carbocycles. The fourth-order valence-electron chi connectivity index (χ4n) is 11.2. The molecule has 1 aliphatic heterocycles. The highest BCUT2D eigenvalue weighted by molar-refractivity contribution is 6.31. The molecule has 0 unspecified atom stereocenters. The fraction of sp³-hybridized carbons (Fsp3) is 0. The molecule has 3 nitrogen and oxygen atoms in total. The van der Waals surface area contributed by atoms with E-state index < -0.39 is 0 Å². The van der Waals surface area contributed by atoms with E-state index in [1.807, 2.05) is 0 Å². The summed E-state index contributed by atoms with van der Waals surface area (Å²) in [6, 6.07) is 92.9. The maximum absolute atomic E-state index is 7.03. The summed E-state index contributed by atoms with van der Waals surface area (Å²) in [5.41, 5.74) is 13.0. The largest absolute Gasteiger partial charge is 0.455 e. The van der Waals surface area contributed by atoms with Crippen LogP contribution in [0.25, 0.3) is 98.1 Å². The molecule has 69 heavy (non-hydrogen) atoms. The van der Waals surface area contributed by atoms with Crippen LogP contribution in [0, 0.1) is 0 Å². The minimum atomic E-state index is 0.876. The van der Waals surface area contributed by atoms with Gasteiger partial charge in [0.05, 0.1) is 17.1 Å². The first kappa shape index (κ1) is 39.0. The lowest BCUT2D eigenvalue weighted by molar-refractivity contribution is 0.673. The van der Waals surface area contributed by atoms with E-state index in [4.69, 9.17) is 4.42 Å². The van der Waals surface area contributed by atoms with Crippen LogP contribution in [0.3, 0.4) is 0 Å². The van der Waals surface area contributed by atoms with Crippen LogP contribution < -0.4 is 9.80 Å². The molecule has 0 radical (unpaired) electrons. The van der Waals surface area contributed by atoms with Gasteiger partial charge in [-0.25, -0.2) is 0 Å². The van der Waals surface area contributed by atoms with Crippen molar-refractivity contribution in [2.75, 3.05) is 9.80 Å². The molecule has 0 fully saturated rings. The summed E-state index contributed by atoms with van der Waals surface area (Å²) in [4.78, 5) is 4.93. The minimum absolute atomic E-state index is 0.876. The zero-order valence-corrected chi connectivity index (χ0v) is 37.6. The second kappa shape index (κ2) is 15.7. The number of rotatable bonds is 4. The lowest BCUT2D eigenvalue weighted by Gasteiger charge is -2.34. The number of nitrogens with zero attached hydrogens (tertiary/aromatic N) is 2. The number of para-hydroxylation sites is 5. The molecule has 0 bridgehead atoms. The third kappa shape index (κ3) is 6.07. The second-order valence-corrected chi connectivity index (χ2v) is 17.9. The van der Waals surface area contributed by atoms with Gasteiger partial charge in [-0.3, -0.25) is 0 Å². The molecule has 0 saturated heterocycles. The molecule has 1 aliphatic rings. The van der Waals surface area contributed by atoms with Crippen LogP contribution in [0.2, 0.25) is 0 Å². The Morgan fingerprint density at radius 1 is 0.304 bits per heavy atom. The normalized spacial score (nSPS) is 12.0. The fourth-order valence-corrected chi connectivity index (χ4v) is 11.2. The highest BCUT2D eigenvalue weighted by Gasteiger charge is 2.31. The molecule has 2 heterocycles. The number of hydrogen-bond acceptors (Lipinski definition) is 3. The zero-order valence-electron chi connectivity index (χ0n) is 37.6. The molecular weight excluding hydrogens is 837 g/mol. The van der Waals surface area contributed by atoms with Crippen molar-refractivity contribution >= 4 is 110 Å². The van der Waals surface area contributed by atoms with Crippen molar-refractivity contribution in [1.29, 1.82) is 0 Å². The Balaban J connectivity index is 1.17. The lowest BCUT2D eigenvalue weighted by Crippen LogP contribution is -2.17. The number of benzene rings is 11. The van der Waals surface area contributed by atoms with E-state index in [1.165, 1.54) is 38.2 Å². The van der Waals surface area contributed by atoms with Crippen molar-refractivity contribution in [3.63, 3.8) is 0 Å². The summed E-state index contributed by atoms with van der Waals surface area (Å²) in [6.07, 6.45) is 0. The van der Waals surface area contributed by atoms with Crippen molar-refractivity contribution in [3.05, 3.63) is 255 Å². The van der Waals surface area contributed by atoms with Crippen molar-refractivity contribution in [2.45, 2.75) is 0 Å². The summed E-state index contributed by atoms with van der Waals surface area (Å²) in [7, 11) is 0. The van der Waals surface area contributed by atoms with E-state index in [-0.39, 0.29) is 0 Å². The van der Waals surface area contributed by atoms with Gasteiger partial charge >= 0.3 is 0 Å². The Morgan fingerprint density at radius 2 is 0.783 bits per heavy atom. The average Bonchev–Trinajstić information content (AvgIpc) is 3.75. The molecular formula is C66H42N2O. The predicted molar refractivity (Wildman–Crippen MR) is 293 cm³/mol. The zero-order chi connectivity index (χ0) is 45.4. The second-order valence-electron chi connectivity index (χ2n) is 17.9. The van der Waals surface area contributed by atoms with Crippen LogP contribution >= 0.6 is 0 Å². The smallest absolute Gasteiger partial charge is 0.143 e. The van der Waals surface area contributed by atoms with Crippen molar-refractivity contribution in [3.8, 4) is 22.3 Å². The quantitative estimate of drug-likeness (QED) is 0.176. The molecule has 322 valence electrons. The van der Waals surface area contributed by atoms with Gasteiger partial charge in [0.2, 0.25) is 0 Å². The molecule has 0 N–H and O–H groups in total. The topological polar surface area (TPSA) is 19.6 Å². The van der Waals surface area contributed by atoms with E-state index in [0.717, 1.165) is 93.9 Å². The van der Waals surface area contributed by atoms with E-state index >= 15 is 0 Å². The Morgan fingerprint density at radius 3 is 1.48 bits per heavy atom. The molecule has 0 atom stereocenters. The Bertz CT molecular complexity index is 4270. The highest BCUT2D eigenvalue weighted by atomic mass is 16.3. The summed E-state index contributed by atoms with van der Waals surface area (Å²) >= 11 is 0. The number of furan rings is 1. The molecule has 3 heteroatoms. The van der Waals surface area contributed by atoms with E-state index in [2.05, 4.69) is 265 Å². The van der Waals surface area contributed by atoms with Gasteiger partial charge < -0.3 is 14.2 Å². The van der Waals surface area contributed by atoms with Gasteiger partial charge in [0.1, 0.15) is 11.2 Å². The summed E-state index contributed by atoms with van der Waals surface area (Å²) in [5.74, 6) is 0. The molecule has 0 spiro atoms. The molecule has 0 saturated carbocycles. The van der Waals surface area contributed by atoms with Crippen molar-refractivity contribution in [2.24, 2.45) is 0 Å². The molecule has 13 aromatic rings. The monoisotopic (exact) mass is 878 g/mol. The van der Waals surface area contributed by atoms with Gasteiger partial charge in [0, 0.05) is 44.3 Å². The Kier molecular flexibility index (Phi) is 8.90. The van der Waals surface area contributed by atoms with Gasteiger partial charge in [-0.1, -0.05) is 194 Å². The van der Waals surface area contributed by atoms with Crippen molar-refractivity contribution in [1.82, 2.24) is 0 Å². The molecule has 1 aromatic heterocycles. The van der Waals surface area contributed by atoms with Crippen LogP contribution in [0.5, 0.6) is 0 Å². The van der Waals surface area contributed by atoms with Gasteiger partial charge in [-0.05, 0) is 120 Å². The molecule has 12 aromatic carbocycles. The standard InChI is InChI=1S/C66H42N2O/c1-3-20-43(21-4-1)67(62-36-19-34-58-52-30-12-11-28-50(52)54-31-15-17-35-61(54)68(65(58)62)44-22-5-2-6-23-44)45-38-39-53-49-27-10-8-25-47(49)46-24-7-9-26-48(46)51-29-13-14-33-56(51)64-57(60(53)42-45)40-41-59-55-32-16-18-37-63(55)69-66(59)64/h1-42H. The molecule has 14 rings (SSSR count). The first-order valence-electron chi connectivity index (χ1n) is 23.7. The van der Waals surface area contributed by atoms with Crippen LogP contribution in [-0.4, -0.2) is 0 Å². The molecule has 0 amide bonds. The SMILES string of the molecule is c1ccc(N(c2ccc3c4ccccc4c4ccccc4c4ccccc4c4c(ccc5c6ccccc6oc54)c3c2)c2cccc3c2N(c2ccccc2)c2ccccc2-c2ccccc2-3)cc1. The third-order valence-electron chi connectivity index (χ3n) is 14.2. The minimum Gasteiger partial charge on any atom is -0.455 e. The number of fused-ring (bicyclic) bond motifs is 19. The van der Waals surface area contributed by atoms with E-state index in [1.54, 1.807) is 0 Å². The van der Waals surface area contributed by atoms with Gasteiger partial charge in [0.15, 0.2) is 0 Å². The van der Waals surface area contributed by atoms with Crippen LogP contribution in [0.15, 0.2) is 259 Å². The summed E-state index contributed by atoms with van der Waals surface area (Å²) in [6.45, 7) is 0. The average molecular weight is 879 g/mol. The maximum atomic E-state index is 7.03. The third-order valence-corrected chi connectivity index (χ3v) is 14.2. The van der Waals surface area contributed by atoms with E-state index in [9.17, 15) is 0 Å². The number of anilines is 6. The van der Waals surface area contributed by atoms with Gasteiger partial charge in [-0.15, -0.1) is 0 Å². The highest BCUT2D eigenvalue weighted by Crippen LogP contribution is 2.56. The first-order valence-corrected chi connectivity index (χ1v) is 23.7. The maximum Gasteiger partial charge on any atom is 0.143 e. The summed E-state index contributed by atoms with van der Waals surface area (Å²) < 4.78 is 7.03. The predicted octanol–water partition coefficient (Wildman–Crippen LogP) is 19.1. The van der Waals surface area contributed by atoms with Crippen LogP contribution in [-0.2, 0) is 0 Å². The van der Waals surface area contributed by atoms with Crippen molar-refractivity contribution < 1.29 is 4.42 Å². The Hall–Kier alpha value is -9.18. The van der Waals surface area contributed by atoms with Gasteiger partial charge in [-0.2, -0.15) is 0 Å². The van der Waals surface area contributed by atoms with Crippen LogP contribution in [0.1, 0.15) is 0 Å². The Labute approximate surface area is 399 Å². The lowest BCUT2D eigenvalue weighted by atomic mass is 9.93. The number of hydrogen-bond donors (Lipinski definition) is 0. The first-order chi connectivity index (χ1) is 34.3. The summed E-state index contributed by atoms with van der Waals surface area (Å²) in [5, 5.41) is 13.7. The van der Waals surface area contributed by atoms with Gasteiger partial charge in [0.25, 0.3) is 0 Å². The van der Waals surface area contributed by atoms with Crippen LogP contribution in [0.4, 0.5) is 34.1 Å². The van der Waals surface area contributed by atoms with E-state index in [0.29, 0.717) is 0 Å².